The molecule has 0 fully saturated rings. The maximum Gasteiger partial charge on any atom is 0.315 e. The zero-order chi connectivity index (χ0) is 17.6. The van der Waals surface area contributed by atoms with Crippen molar-refractivity contribution >= 4 is 17.4 Å². The minimum absolute atomic E-state index is 0.0533. The summed E-state index contributed by atoms with van der Waals surface area (Å²) in [6.45, 7) is 6.78. The molecular weight excluding hydrogens is 322 g/mol. The number of hydrogen-bond donors (Lipinski definition) is 3. The van der Waals surface area contributed by atoms with E-state index in [1.165, 1.54) is 0 Å². The van der Waals surface area contributed by atoms with Crippen molar-refractivity contribution in [2.75, 3.05) is 13.2 Å². The van der Waals surface area contributed by atoms with Gasteiger partial charge in [-0.25, -0.2) is 9.78 Å². The molecular formula is C18H25N3O2S. The lowest BCUT2D eigenvalue weighted by Gasteiger charge is -2.17. The van der Waals surface area contributed by atoms with Crippen molar-refractivity contribution in [1.82, 2.24) is 15.6 Å². The Labute approximate surface area is 147 Å². The third kappa shape index (κ3) is 5.32. The van der Waals surface area contributed by atoms with Crippen LogP contribution in [0.4, 0.5) is 4.79 Å². The van der Waals surface area contributed by atoms with Crippen molar-refractivity contribution in [3.8, 4) is 0 Å². The van der Waals surface area contributed by atoms with Gasteiger partial charge in [0.25, 0.3) is 0 Å². The van der Waals surface area contributed by atoms with Crippen molar-refractivity contribution in [1.29, 1.82) is 0 Å². The number of carbonyl (C=O) groups excluding carboxylic acids is 1. The number of carbonyl (C=O) groups is 1. The average molecular weight is 347 g/mol. The lowest BCUT2D eigenvalue weighted by Crippen LogP contribution is -2.40. The molecule has 2 rings (SSSR count). The quantitative estimate of drug-likeness (QED) is 0.752. The van der Waals surface area contributed by atoms with E-state index in [0.717, 1.165) is 16.3 Å². The van der Waals surface area contributed by atoms with Gasteiger partial charge in [0, 0.05) is 23.8 Å². The number of nitrogens with one attached hydrogen (secondary N) is 2. The molecule has 5 nitrogen and oxygen atoms in total. The Kier molecular flexibility index (Phi) is 6.34. The molecule has 0 aliphatic rings. The maximum atomic E-state index is 12.0. The first-order valence-electron chi connectivity index (χ1n) is 8.05. The molecule has 1 atom stereocenters. The van der Waals surface area contributed by atoms with Gasteiger partial charge in [0.05, 0.1) is 23.4 Å². The van der Waals surface area contributed by atoms with Gasteiger partial charge in [-0.05, 0) is 5.56 Å². The van der Waals surface area contributed by atoms with Crippen molar-refractivity contribution in [2.45, 2.75) is 38.6 Å². The van der Waals surface area contributed by atoms with Crippen LogP contribution < -0.4 is 10.6 Å². The lowest BCUT2D eigenvalue weighted by molar-refractivity contribution is 0.217. The molecule has 1 unspecified atom stereocenters. The van der Waals surface area contributed by atoms with E-state index in [9.17, 15) is 9.90 Å². The van der Waals surface area contributed by atoms with Gasteiger partial charge < -0.3 is 15.7 Å². The van der Waals surface area contributed by atoms with E-state index >= 15 is 0 Å². The molecule has 0 aliphatic carbocycles. The normalized spacial score (nSPS) is 12.7. The molecule has 0 saturated carbocycles. The number of urea groups is 1. The number of aliphatic hydroxyl groups is 1. The van der Waals surface area contributed by atoms with Crippen molar-refractivity contribution in [3.63, 3.8) is 0 Å². The van der Waals surface area contributed by atoms with Crippen LogP contribution in [0.2, 0.25) is 0 Å². The highest BCUT2D eigenvalue weighted by Crippen LogP contribution is 2.25. The fourth-order valence-corrected chi connectivity index (χ4v) is 3.14. The van der Waals surface area contributed by atoms with Crippen LogP contribution in [0.15, 0.2) is 35.7 Å². The summed E-state index contributed by atoms with van der Waals surface area (Å²) < 4.78 is 0. The second-order valence-electron chi connectivity index (χ2n) is 6.69. The van der Waals surface area contributed by atoms with E-state index in [1.807, 2.05) is 35.7 Å². The predicted octanol–water partition coefficient (Wildman–Crippen LogP) is 3.02. The van der Waals surface area contributed by atoms with Gasteiger partial charge in [0.2, 0.25) is 0 Å². The van der Waals surface area contributed by atoms with E-state index in [2.05, 4.69) is 36.4 Å². The smallest absolute Gasteiger partial charge is 0.315 e. The Bertz CT molecular complexity index is 650. The summed E-state index contributed by atoms with van der Waals surface area (Å²) in [6, 6.07) is 8.73. The van der Waals surface area contributed by atoms with Crippen LogP contribution in [0.3, 0.4) is 0 Å². The topological polar surface area (TPSA) is 74.2 Å². The molecule has 2 amide bonds. The summed E-state index contributed by atoms with van der Waals surface area (Å²) in [6.07, 6.45) is 0.690. The summed E-state index contributed by atoms with van der Waals surface area (Å²) in [5, 5.41) is 18.2. The highest BCUT2D eigenvalue weighted by Gasteiger charge is 2.18. The Hall–Kier alpha value is -1.92. The van der Waals surface area contributed by atoms with E-state index in [0.29, 0.717) is 13.0 Å². The molecule has 1 aromatic heterocycles. The zero-order valence-corrected chi connectivity index (χ0v) is 15.2. The molecule has 130 valence electrons. The number of benzene rings is 1. The molecule has 0 saturated heterocycles. The Morgan fingerprint density at radius 1 is 1.29 bits per heavy atom. The van der Waals surface area contributed by atoms with Crippen LogP contribution in [0.25, 0.3) is 0 Å². The monoisotopic (exact) mass is 347 g/mol. The predicted molar refractivity (Wildman–Crippen MR) is 97.3 cm³/mol. The molecule has 6 heteroatoms. The van der Waals surface area contributed by atoms with Crippen LogP contribution in [-0.4, -0.2) is 29.3 Å². The maximum absolute atomic E-state index is 12.0. The van der Waals surface area contributed by atoms with Gasteiger partial charge in [-0.3, -0.25) is 0 Å². The van der Waals surface area contributed by atoms with Gasteiger partial charge >= 0.3 is 6.03 Å². The molecule has 0 bridgehead atoms. The molecule has 0 radical (unpaired) electrons. The molecule has 1 heterocycles. The van der Waals surface area contributed by atoms with Gasteiger partial charge in [0.15, 0.2) is 0 Å². The summed E-state index contributed by atoms with van der Waals surface area (Å²) in [5.41, 5.74) is 1.93. The third-order valence-corrected chi connectivity index (χ3v) is 4.87. The minimum Gasteiger partial charge on any atom is -0.394 e. The first-order chi connectivity index (χ1) is 11.4. The SMILES string of the molecule is CC(C)(C)c1nc(CCNC(=O)NC(CO)c2ccccc2)cs1. The van der Waals surface area contributed by atoms with Crippen LogP contribution in [0, 0.1) is 0 Å². The Morgan fingerprint density at radius 2 is 2.00 bits per heavy atom. The number of aliphatic hydroxyl groups excluding tert-OH is 1. The number of nitrogens with zero attached hydrogens (tertiary/aromatic N) is 1. The number of hydrogen-bond acceptors (Lipinski definition) is 4. The lowest BCUT2D eigenvalue weighted by atomic mass is 9.98. The van der Waals surface area contributed by atoms with Crippen LogP contribution in [0.1, 0.15) is 43.1 Å². The van der Waals surface area contributed by atoms with E-state index < -0.39 is 6.04 Å². The number of aromatic nitrogens is 1. The summed E-state index contributed by atoms with van der Waals surface area (Å²) in [4.78, 5) is 16.6. The molecule has 0 spiro atoms. The van der Waals surface area contributed by atoms with Gasteiger partial charge in [-0.2, -0.15) is 0 Å². The standard InChI is InChI=1S/C18H25N3O2S/c1-18(2,3)16-20-14(12-24-16)9-10-19-17(23)21-15(11-22)13-7-5-4-6-8-13/h4-8,12,15,22H,9-11H2,1-3H3,(H2,19,21,23). The first kappa shape index (κ1) is 18.4. The zero-order valence-electron chi connectivity index (χ0n) is 14.4. The second kappa shape index (κ2) is 8.26. The van der Waals surface area contributed by atoms with Crippen molar-refractivity contribution < 1.29 is 9.90 Å². The van der Waals surface area contributed by atoms with Crippen LogP contribution >= 0.6 is 11.3 Å². The summed E-state index contributed by atoms with van der Waals surface area (Å²) in [7, 11) is 0. The highest BCUT2D eigenvalue weighted by atomic mass is 32.1. The second-order valence-corrected chi connectivity index (χ2v) is 7.55. The molecule has 24 heavy (non-hydrogen) atoms. The van der Waals surface area contributed by atoms with Gasteiger partial charge in [-0.1, -0.05) is 51.1 Å². The molecule has 2 aromatic rings. The van der Waals surface area contributed by atoms with Crippen molar-refractivity contribution in [2.24, 2.45) is 0 Å². The third-order valence-electron chi connectivity index (χ3n) is 3.55. The van der Waals surface area contributed by atoms with Crippen LogP contribution in [0.5, 0.6) is 0 Å². The first-order valence-corrected chi connectivity index (χ1v) is 8.93. The summed E-state index contributed by atoms with van der Waals surface area (Å²) in [5.74, 6) is 0. The molecule has 3 N–H and O–H groups in total. The van der Waals surface area contributed by atoms with E-state index in [1.54, 1.807) is 11.3 Å². The minimum atomic E-state index is -0.405. The number of amides is 2. The van der Waals surface area contributed by atoms with E-state index in [4.69, 9.17) is 0 Å². The number of rotatable bonds is 6. The number of thiazole rings is 1. The van der Waals surface area contributed by atoms with Gasteiger partial charge in [-0.15, -0.1) is 11.3 Å². The summed E-state index contributed by atoms with van der Waals surface area (Å²) >= 11 is 1.65. The fourth-order valence-electron chi connectivity index (χ4n) is 2.20. The average Bonchev–Trinajstić information content (AvgIpc) is 3.02. The van der Waals surface area contributed by atoms with Crippen molar-refractivity contribution in [3.05, 3.63) is 52.0 Å². The Balaban J connectivity index is 1.80. The van der Waals surface area contributed by atoms with Crippen LogP contribution in [-0.2, 0) is 11.8 Å². The highest BCUT2D eigenvalue weighted by molar-refractivity contribution is 7.09. The fraction of sp³-hybridized carbons (Fsp3) is 0.444. The largest absolute Gasteiger partial charge is 0.394 e. The Morgan fingerprint density at radius 3 is 2.58 bits per heavy atom. The van der Waals surface area contributed by atoms with E-state index in [-0.39, 0.29) is 18.1 Å². The molecule has 1 aromatic carbocycles. The van der Waals surface area contributed by atoms with Gasteiger partial charge in [0.1, 0.15) is 0 Å². The molecule has 0 aliphatic heterocycles.